The van der Waals surface area contributed by atoms with E-state index in [1.54, 1.807) is 0 Å². The van der Waals surface area contributed by atoms with E-state index in [4.69, 9.17) is 21.4 Å². The molecule has 1 aliphatic heterocycles. The zero-order valence-electron chi connectivity index (χ0n) is 10.4. The van der Waals surface area contributed by atoms with Gasteiger partial charge in [0, 0.05) is 19.3 Å². The number of morpholine rings is 1. The van der Waals surface area contributed by atoms with E-state index in [-0.39, 0.29) is 36.2 Å². The molecule has 1 atom stereocenters. The summed E-state index contributed by atoms with van der Waals surface area (Å²) >= 11 is 5.81. The second-order valence-corrected chi connectivity index (χ2v) is 6.51. The number of carbonyl (C=O) groups is 1. The molecule has 7 nitrogen and oxygen atoms in total. The van der Waals surface area contributed by atoms with E-state index in [2.05, 4.69) is 4.98 Å². The van der Waals surface area contributed by atoms with Crippen molar-refractivity contribution in [2.24, 2.45) is 0 Å². The smallest absolute Gasteiger partial charge is 0.306 e. The monoisotopic (exact) mass is 320 g/mol. The van der Waals surface area contributed by atoms with Crippen LogP contribution < -0.4 is 0 Å². The molecule has 20 heavy (non-hydrogen) atoms. The highest BCUT2D eigenvalue weighted by Gasteiger charge is 2.33. The van der Waals surface area contributed by atoms with E-state index in [1.165, 1.54) is 22.6 Å². The zero-order chi connectivity index (χ0) is 14.8. The first-order valence-corrected chi connectivity index (χ1v) is 7.67. The highest BCUT2D eigenvalue weighted by Crippen LogP contribution is 2.24. The predicted octanol–water partition coefficient (Wildman–Crippen LogP) is 0.599. The minimum absolute atomic E-state index is 0.0140. The van der Waals surface area contributed by atoms with Crippen LogP contribution in [0.5, 0.6) is 0 Å². The van der Waals surface area contributed by atoms with Gasteiger partial charge in [-0.05, 0) is 12.1 Å². The van der Waals surface area contributed by atoms with Crippen LogP contribution >= 0.6 is 11.6 Å². The largest absolute Gasteiger partial charge is 0.481 e. The Balaban J connectivity index is 2.22. The number of pyridine rings is 1. The van der Waals surface area contributed by atoms with Crippen molar-refractivity contribution in [3.8, 4) is 0 Å². The average Bonchev–Trinajstić information content (AvgIpc) is 2.38. The molecule has 9 heteroatoms. The second-order valence-electron chi connectivity index (χ2n) is 4.25. The average molecular weight is 321 g/mol. The van der Waals surface area contributed by atoms with Gasteiger partial charge in [-0.15, -0.1) is 0 Å². The molecule has 0 saturated carbocycles. The molecule has 1 N–H and O–H groups in total. The maximum atomic E-state index is 12.4. The lowest BCUT2D eigenvalue weighted by atomic mass is 10.2. The van der Waals surface area contributed by atoms with Crippen LogP contribution in [0.4, 0.5) is 0 Å². The lowest BCUT2D eigenvalue weighted by Crippen LogP contribution is -2.46. The fourth-order valence-corrected chi connectivity index (χ4v) is 3.82. The normalized spacial score (nSPS) is 20.8. The molecule has 0 amide bonds. The number of aromatic nitrogens is 1. The maximum Gasteiger partial charge on any atom is 0.306 e. The minimum Gasteiger partial charge on any atom is -0.481 e. The Kier molecular flexibility index (Phi) is 4.59. The predicted molar refractivity (Wildman–Crippen MR) is 70.0 cm³/mol. The van der Waals surface area contributed by atoms with E-state index < -0.39 is 22.1 Å². The molecule has 1 aliphatic rings. The fourth-order valence-electron chi connectivity index (χ4n) is 1.93. The SMILES string of the molecule is O=C(O)CC1CN(S(=O)(=O)c2cccnc2Cl)CCO1. The van der Waals surface area contributed by atoms with Gasteiger partial charge >= 0.3 is 5.97 Å². The van der Waals surface area contributed by atoms with Crippen LogP contribution in [0.1, 0.15) is 6.42 Å². The zero-order valence-corrected chi connectivity index (χ0v) is 12.0. The summed E-state index contributed by atoms with van der Waals surface area (Å²) in [6.45, 7) is 0.290. The van der Waals surface area contributed by atoms with Gasteiger partial charge in [0.1, 0.15) is 10.0 Å². The van der Waals surface area contributed by atoms with Gasteiger partial charge in [0.15, 0.2) is 0 Å². The highest BCUT2D eigenvalue weighted by atomic mass is 35.5. The molecule has 1 fully saturated rings. The second kappa shape index (κ2) is 6.04. The molecular weight excluding hydrogens is 308 g/mol. The molecular formula is C11H13ClN2O5S. The lowest BCUT2D eigenvalue weighted by molar-refractivity contribution is -0.141. The van der Waals surface area contributed by atoms with Crippen LogP contribution in [-0.2, 0) is 19.6 Å². The van der Waals surface area contributed by atoms with Gasteiger partial charge in [-0.3, -0.25) is 4.79 Å². The van der Waals surface area contributed by atoms with Crippen LogP contribution in [0.3, 0.4) is 0 Å². The Morgan fingerprint density at radius 2 is 2.35 bits per heavy atom. The minimum atomic E-state index is -3.80. The number of hydrogen-bond acceptors (Lipinski definition) is 5. The third-order valence-corrected chi connectivity index (χ3v) is 5.16. The molecule has 0 aliphatic carbocycles. The van der Waals surface area contributed by atoms with Gasteiger partial charge in [-0.25, -0.2) is 13.4 Å². The van der Waals surface area contributed by atoms with Gasteiger partial charge in [0.2, 0.25) is 10.0 Å². The van der Waals surface area contributed by atoms with Crippen molar-refractivity contribution in [1.82, 2.24) is 9.29 Å². The van der Waals surface area contributed by atoms with Crippen molar-refractivity contribution in [3.63, 3.8) is 0 Å². The van der Waals surface area contributed by atoms with E-state index in [1.807, 2.05) is 0 Å². The van der Waals surface area contributed by atoms with Crippen LogP contribution in [0, 0.1) is 0 Å². The van der Waals surface area contributed by atoms with E-state index in [9.17, 15) is 13.2 Å². The summed E-state index contributed by atoms with van der Waals surface area (Å²) < 4.78 is 31.3. The van der Waals surface area contributed by atoms with E-state index >= 15 is 0 Å². The molecule has 110 valence electrons. The Hall–Kier alpha value is -1.22. The number of ether oxygens (including phenoxy) is 1. The Labute approximate surface area is 121 Å². The number of rotatable bonds is 4. The highest BCUT2D eigenvalue weighted by molar-refractivity contribution is 7.89. The fraction of sp³-hybridized carbons (Fsp3) is 0.455. The molecule has 0 spiro atoms. The third-order valence-electron chi connectivity index (χ3n) is 2.85. The van der Waals surface area contributed by atoms with Crippen LogP contribution in [0.25, 0.3) is 0 Å². The van der Waals surface area contributed by atoms with E-state index in [0.29, 0.717) is 0 Å². The number of nitrogens with zero attached hydrogens (tertiary/aromatic N) is 2. The number of carboxylic acid groups (broad SMARTS) is 1. The third kappa shape index (κ3) is 3.26. The van der Waals surface area contributed by atoms with Gasteiger partial charge in [0.25, 0.3) is 0 Å². The summed E-state index contributed by atoms with van der Waals surface area (Å²) in [7, 11) is -3.80. The number of aliphatic carboxylic acids is 1. The van der Waals surface area contributed by atoms with Gasteiger partial charge < -0.3 is 9.84 Å². The molecule has 0 bridgehead atoms. The molecule has 0 radical (unpaired) electrons. The van der Waals surface area contributed by atoms with Gasteiger partial charge in [-0.1, -0.05) is 11.6 Å². The Morgan fingerprint density at radius 1 is 1.60 bits per heavy atom. The van der Waals surface area contributed by atoms with Crippen molar-refractivity contribution in [2.75, 3.05) is 19.7 Å². The van der Waals surface area contributed by atoms with Crippen molar-refractivity contribution in [1.29, 1.82) is 0 Å². The quantitative estimate of drug-likeness (QED) is 0.816. The summed E-state index contributed by atoms with van der Waals surface area (Å²) in [6, 6.07) is 2.85. The van der Waals surface area contributed by atoms with Crippen molar-refractivity contribution < 1.29 is 23.1 Å². The lowest BCUT2D eigenvalue weighted by Gasteiger charge is -2.31. The molecule has 1 aromatic heterocycles. The number of halogens is 1. The van der Waals surface area contributed by atoms with Crippen molar-refractivity contribution >= 4 is 27.6 Å². The maximum absolute atomic E-state index is 12.4. The van der Waals surface area contributed by atoms with Crippen molar-refractivity contribution in [3.05, 3.63) is 23.5 Å². The first-order valence-electron chi connectivity index (χ1n) is 5.85. The molecule has 1 unspecified atom stereocenters. The first kappa shape index (κ1) is 15.2. The number of carboxylic acids is 1. The van der Waals surface area contributed by atoms with Crippen LogP contribution in [0.2, 0.25) is 5.15 Å². The van der Waals surface area contributed by atoms with Crippen LogP contribution in [-0.4, -0.2) is 54.6 Å². The molecule has 1 saturated heterocycles. The Bertz CT molecular complexity index is 607. The summed E-state index contributed by atoms with van der Waals surface area (Å²) in [5.41, 5.74) is 0. The summed E-state index contributed by atoms with van der Waals surface area (Å²) in [4.78, 5) is 14.3. The topological polar surface area (TPSA) is 96.8 Å². The Morgan fingerprint density at radius 3 is 3.00 bits per heavy atom. The summed E-state index contributed by atoms with van der Waals surface area (Å²) in [5, 5.41) is 8.63. The van der Waals surface area contributed by atoms with E-state index in [0.717, 1.165) is 0 Å². The summed E-state index contributed by atoms with van der Waals surface area (Å²) in [6.07, 6.45) is 0.493. The standard InChI is InChI=1S/C11H13ClN2O5S/c12-11-9(2-1-3-13-11)20(17,18)14-4-5-19-8(7-14)6-10(15)16/h1-3,8H,4-7H2,(H,15,16). The summed E-state index contributed by atoms with van der Waals surface area (Å²) in [5.74, 6) is -1.03. The van der Waals surface area contributed by atoms with Crippen LogP contribution in [0.15, 0.2) is 23.2 Å². The van der Waals surface area contributed by atoms with Gasteiger partial charge in [0.05, 0.1) is 19.1 Å². The molecule has 0 aromatic carbocycles. The number of sulfonamides is 1. The molecule has 2 rings (SSSR count). The molecule has 1 aromatic rings. The van der Waals surface area contributed by atoms with Gasteiger partial charge in [-0.2, -0.15) is 4.31 Å². The molecule has 2 heterocycles. The first-order chi connectivity index (χ1) is 9.41. The van der Waals surface area contributed by atoms with Crippen molar-refractivity contribution in [2.45, 2.75) is 17.4 Å². The number of hydrogen-bond donors (Lipinski definition) is 1.